The third-order valence-electron chi connectivity index (χ3n) is 3.43. The smallest absolute Gasteiger partial charge is 0.223 e. The first-order valence-corrected chi connectivity index (χ1v) is 7.96. The molecule has 1 aliphatic rings. The molecule has 2 rings (SSSR count). The second-order valence-electron chi connectivity index (χ2n) is 4.90. The van der Waals surface area contributed by atoms with Crippen molar-refractivity contribution in [1.82, 2.24) is 5.32 Å². The zero-order chi connectivity index (χ0) is 13.7. The van der Waals surface area contributed by atoms with Crippen molar-refractivity contribution in [3.8, 4) is 0 Å². The Labute approximate surface area is 119 Å². The molecule has 1 heterocycles. The van der Waals surface area contributed by atoms with E-state index in [9.17, 15) is 4.79 Å². The molecule has 0 aromatic heterocycles. The number of nitrogens with one attached hydrogen (secondary N) is 1. The molecule has 0 bridgehead atoms. The summed E-state index contributed by atoms with van der Waals surface area (Å²) in [6, 6.07) is 8.36. The van der Waals surface area contributed by atoms with Crippen LogP contribution < -0.4 is 5.32 Å². The van der Waals surface area contributed by atoms with Crippen molar-refractivity contribution in [3.63, 3.8) is 0 Å². The Morgan fingerprint density at radius 1 is 1.47 bits per heavy atom. The van der Waals surface area contributed by atoms with E-state index >= 15 is 0 Å². The van der Waals surface area contributed by atoms with E-state index < -0.39 is 0 Å². The van der Waals surface area contributed by atoms with Gasteiger partial charge in [0, 0.05) is 11.5 Å². The summed E-state index contributed by atoms with van der Waals surface area (Å²) >= 11 is 1.72. The van der Waals surface area contributed by atoms with Gasteiger partial charge in [0.25, 0.3) is 0 Å². The van der Waals surface area contributed by atoms with Gasteiger partial charge in [-0.3, -0.25) is 4.79 Å². The van der Waals surface area contributed by atoms with E-state index in [0.717, 1.165) is 25.0 Å². The highest BCUT2D eigenvalue weighted by atomic mass is 32.2. The van der Waals surface area contributed by atoms with Gasteiger partial charge in [0.1, 0.15) is 0 Å². The predicted molar refractivity (Wildman–Crippen MR) is 78.4 cm³/mol. The first-order valence-electron chi connectivity index (χ1n) is 6.74. The van der Waals surface area contributed by atoms with Crippen molar-refractivity contribution >= 4 is 17.7 Å². The molecule has 0 spiro atoms. The second-order valence-corrected chi connectivity index (χ2v) is 5.78. The Morgan fingerprint density at radius 3 is 2.79 bits per heavy atom. The number of benzene rings is 1. The van der Waals surface area contributed by atoms with E-state index in [-0.39, 0.29) is 18.1 Å². The zero-order valence-corrected chi connectivity index (χ0v) is 12.3. The average molecular weight is 279 g/mol. The summed E-state index contributed by atoms with van der Waals surface area (Å²) in [5.41, 5.74) is 1.14. The minimum absolute atomic E-state index is 0.0461. The normalized spacial score (nSPS) is 20.2. The first-order chi connectivity index (χ1) is 9.19. The number of ether oxygens (including phenoxy) is 1. The maximum absolute atomic E-state index is 11.9. The lowest BCUT2D eigenvalue weighted by Crippen LogP contribution is -2.29. The van der Waals surface area contributed by atoms with Crippen molar-refractivity contribution < 1.29 is 9.53 Å². The van der Waals surface area contributed by atoms with Gasteiger partial charge >= 0.3 is 0 Å². The maximum Gasteiger partial charge on any atom is 0.223 e. The van der Waals surface area contributed by atoms with Crippen LogP contribution in [0.2, 0.25) is 0 Å². The number of carbonyl (C=O) groups is 1. The Balaban J connectivity index is 1.84. The fourth-order valence-electron chi connectivity index (χ4n) is 2.29. The lowest BCUT2D eigenvalue weighted by atomic mass is 10.1. The number of carbonyl (C=O) groups excluding carboxylic acids is 1. The van der Waals surface area contributed by atoms with Crippen LogP contribution >= 0.6 is 11.8 Å². The van der Waals surface area contributed by atoms with Crippen LogP contribution in [0.25, 0.3) is 0 Å². The van der Waals surface area contributed by atoms with Crippen LogP contribution in [0.4, 0.5) is 0 Å². The Bertz CT molecular complexity index is 413. The van der Waals surface area contributed by atoms with Gasteiger partial charge in [-0.05, 0) is 43.7 Å². The minimum atomic E-state index is 0.0461. The van der Waals surface area contributed by atoms with E-state index in [2.05, 4.69) is 35.8 Å². The van der Waals surface area contributed by atoms with Crippen molar-refractivity contribution in [1.29, 1.82) is 0 Å². The van der Waals surface area contributed by atoms with Crippen LogP contribution in [0.15, 0.2) is 29.2 Å². The fourth-order valence-corrected chi connectivity index (χ4v) is 2.70. The van der Waals surface area contributed by atoms with Gasteiger partial charge in [-0.25, -0.2) is 0 Å². The molecule has 0 radical (unpaired) electrons. The summed E-state index contributed by atoms with van der Waals surface area (Å²) in [6.07, 6.45) is 4.73. The van der Waals surface area contributed by atoms with Crippen LogP contribution in [-0.4, -0.2) is 24.9 Å². The van der Waals surface area contributed by atoms with E-state index in [1.165, 1.54) is 4.90 Å². The van der Waals surface area contributed by atoms with Gasteiger partial charge in [0.05, 0.1) is 18.6 Å². The molecule has 1 amide bonds. The molecule has 1 aromatic carbocycles. The van der Waals surface area contributed by atoms with Gasteiger partial charge in [-0.2, -0.15) is 0 Å². The molecule has 1 saturated heterocycles. The molecule has 0 saturated carbocycles. The van der Waals surface area contributed by atoms with Crippen molar-refractivity contribution in [2.45, 2.75) is 43.2 Å². The van der Waals surface area contributed by atoms with E-state index in [1.807, 2.05) is 6.92 Å². The molecule has 0 unspecified atom stereocenters. The summed E-state index contributed by atoms with van der Waals surface area (Å²) in [7, 11) is 0. The van der Waals surface area contributed by atoms with Crippen molar-refractivity contribution in [3.05, 3.63) is 29.8 Å². The number of rotatable bonds is 5. The molecule has 104 valence electrons. The molecule has 3 nitrogen and oxygen atoms in total. The summed E-state index contributed by atoms with van der Waals surface area (Å²) < 4.78 is 5.48. The second kappa shape index (κ2) is 6.96. The predicted octanol–water partition coefficient (Wildman–Crippen LogP) is 3.15. The molecule has 1 fully saturated rings. The Kier molecular flexibility index (Phi) is 5.28. The molecule has 4 heteroatoms. The molecular formula is C15H21NO2S. The highest BCUT2D eigenvalue weighted by Gasteiger charge is 2.20. The standard InChI is InChI=1S/C15H21NO2S/c1-11(12-5-7-14(19-2)8-6-12)16-15(17)10-13-4-3-9-18-13/h5-8,11,13H,3-4,9-10H2,1-2H3,(H,16,17)/t11-,13+/m1/s1. The van der Waals surface area contributed by atoms with Crippen LogP contribution in [0, 0.1) is 0 Å². The van der Waals surface area contributed by atoms with Gasteiger partial charge in [-0.15, -0.1) is 11.8 Å². The number of hydrogen-bond donors (Lipinski definition) is 1. The van der Waals surface area contributed by atoms with Gasteiger partial charge in [-0.1, -0.05) is 12.1 Å². The number of thioether (sulfide) groups is 1. The molecular weight excluding hydrogens is 258 g/mol. The summed E-state index contributed by atoms with van der Waals surface area (Å²) in [5.74, 6) is 0.0772. The Hall–Kier alpha value is -1.00. The lowest BCUT2D eigenvalue weighted by molar-refractivity contribution is -0.123. The lowest BCUT2D eigenvalue weighted by Gasteiger charge is -2.16. The van der Waals surface area contributed by atoms with Gasteiger partial charge in [0.2, 0.25) is 5.91 Å². The summed E-state index contributed by atoms with van der Waals surface area (Å²) in [4.78, 5) is 13.1. The monoisotopic (exact) mass is 279 g/mol. The molecule has 19 heavy (non-hydrogen) atoms. The minimum Gasteiger partial charge on any atom is -0.378 e. The van der Waals surface area contributed by atoms with Crippen LogP contribution in [0.1, 0.15) is 37.8 Å². The maximum atomic E-state index is 11.9. The average Bonchev–Trinajstić information content (AvgIpc) is 2.91. The topological polar surface area (TPSA) is 38.3 Å². The SMILES string of the molecule is CSc1ccc([C@@H](C)NC(=O)C[C@@H]2CCCO2)cc1. The molecule has 1 N–H and O–H groups in total. The quantitative estimate of drug-likeness (QED) is 0.841. The van der Waals surface area contributed by atoms with Crippen LogP contribution in [0.3, 0.4) is 0 Å². The van der Waals surface area contributed by atoms with E-state index in [1.54, 1.807) is 11.8 Å². The van der Waals surface area contributed by atoms with Crippen molar-refractivity contribution in [2.24, 2.45) is 0 Å². The third kappa shape index (κ3) is 4.25. The highest BCUT2D eigenvalue weighted by molar-refractivity contribution is 7.98. The third-order valence-corrected chi connectivity index (χ3v) is 4.17. The summed E-state index contributed by atoms with van der Waals surface area (Å²) in [6.45, 7) is 2.81. The molecule has 2 atom stereocenters. The first kappa shape index (κ1) is 14.4. The van der Waals surface area contributed by atoms with Crippen LogP contribution in [-0.2, 0) is 9.53 Å². The molecule has 0 aliphatic carbocycles. The van der Waals surface area contributed by atoms with E-state index in [4.69, 9.17) is 4.74 Å². The zero-order valence-electron chi connectivity index (χ0n) is 11.5. The largest absolute Gasteiger partial charge is 0.378 e. The van der Waals surface area contributed by atoms with Gasteiger partial charge in [0.15, 0.2) is 0 Å². The van der Waals surface area contributed by atoms with Gasteiger partial charge < -0.3 is 10.1 Å². The van der Waals surface area contributed by atoms with Crippen LogP contribution in [0.5, 0.6) is 0 Å². The van der Waals surface area contributed by atoms with E-state index in [0.29, 0.717) is 6.42 Å². The number of hydrogen-bond acceptors (Lipinski definition) is 3. The summed E-state index contributed by atoms with van der Waals surface area (Å²) in [5, 5.41) is 3.03. The number of amides is 1. The molecule has 1 aromatic rings. The molecule has 1 aliphatic heterocycles. The Morgan fingerprint density at radius 2 is 2.21 bits per heavy atom. The van der Waals surface area contributed by atoms with Crippen molar-refractivity contribution in [2.75, 3.05) is 12.9 Å². The highest BCUT2D eigenvalue weighted by Crippen LogP contribution is 2.20. The fraction of sp³-hybridized carbons (Fsp3) is 0.533.